The Morgan fingerprint density at radius 1 is 1.19 bits per heavy atom. The van der Waals surface area contributed by atoms with E-state index < -0.39 is 6.04 Å². The summed E-state index contributed by atoms with van der Waals surface area (Å²) in [6.45, 7) is 3.15. The van der Waals surface area contributed by atoms with Crippen LogP contribution in [-0.2, 0) is 14.4 Å². The van der Waals surface area contributed by atoms with Gasteiger partial charge < -0.3 is 20.4 Å². The second-order valence-corrected chi connectivity index (χ2v) is 6.53. The molecule has 2 N–H and O–H groups in total. The van der Waals surface area contributed by atoms with Gasteiger partial charge in [0.2, 0.25) is 17.7 Å². The van der Waals surface area contributed by atoms with Gasteiger partial charge in [-0.25, -0.2) is 0 Å². The Morgan fingerprint density at radius 3 is 2.65 bits per heavy atom. The first kappa shape index (κ1) is 17.9. The summed E-state index contributed by atoms with van der Waals surface area (Å²) in [5, 5.41) is 5.28. The van der Waals surface area contributed by atoms with Crippen molar-refractivity contribution in [2.24, 2.45) is 0 Å². The Balaban J connectivity index is 1.48. The zero-order chi connectivity index (χ0) is 18.7. The molecule has 138 valence electrons. The van der Waals surface area contributed by atoms with Gasteiger partial charge in [0, 0.05) is 31.6 Å². The van der Waals surface area contributed by atoms with Gasteiger partial charge in [0.25, 0.3) is 5.91 Å². The van der Waals surface area contributed by atoms with E-state index in [9.17, 15) is 19.2 Å². The highest BCUT2D eigenvalue weighted by molar-refractivity contribution is 5.96. The number of hydrogen-bond donors (Lipinski definition) is 2. The van der Waals surface area contributed by atoms with E-state index in [1.807, 2.05) is 19.1 Å². The fraction of sp³-hybridized carbons (Fsp3) is 0.444. The van der Waals surface area contributed by atoms with Crippen LogP contribution in [0.3, 0.4) is 0 Å². The second-order valence-electron chi connectivity index (χ2n) is 6.53. The van der Waals surface area contributed by atoms with E-state index in [1.165, 1.54) is 4.90 Å². The molecule has 3 rings (SSSR count). The third-order valence-electron chi connectivity index (χ3n) is 4.71. The SMILES string of the molecule is Cc1ccc(C(=O)NCCC(=O)N2CCN3C(=O)CNC(=O)C3C2)cc1. The van der Waals surface area contributed by atoms with Crippen molar-refractivity contribution in [3.8, 4) is 0 Å². The smallest absolute Gasteiger partial charge is 0.251 e. The fourth-order valence-electron chi connectivity index (χ4n) is 3.16. The summed E-state index contributed by atoms with van der Waals surface area (Å²) in [6.07, 6.45) is 0.153. The first-order valence-corrected chi connectivity index (χ1v) is 8.65. The Hall–Kier alpha value is -2.90. The predicted molar refractivity (Wildman–Crippen MR) is 93.2 cm³/mol. The van der Waals surface area contributed by atoms with Crippen molar-refractivity contribution in [2.45, 2.75) is 19.4 Å². The molecular weight excluding hydrogens is 336 g/mol. The van der Waals surface area contributed by atoms with Crippen LogP contribution in [0, 0.1) is 6.92 Å². The minimum Gasteiger partial charge on any atom is -0.352 e. The maximum absolute atomic E-state index is 12.4. The molecule has 0 aliphatic carbocycles. The highest BCUT2D eigenvalue weighted by Crippen LogP contribution is 2.14. The van der Waals surface area contributed by atoms with Gasteiger partial charge in [0.15, 0.2) is 0 Å². The standard InChI is InChI=1S/C18H22N4O4/c1-12-2-4-13(5-3-12)17(25)19-7-6-15(23)21-8-9-22-14(11-21)18(26)20-10-16(22)24/h2-5,14H,6-11H2,1H3,(H,19,25)(H,20,26). The molecule has 2 aliphatic rings. The van der Waals surface area contributed by atoms with Crippen molar-refractivity contribution in [1.82, 2.24) is 20.4 Å². The maximum Gasteiger partial charge on any atom is 0.251 e. The third-order valence-corrected chi connectivity index (χ3v) is 4.71. The Morgan fingerprint density at radius 2 is 1.92 bits per heavy atom. The normalized spacial score (nSPS) is 19.7. The van der Waals surface area contributed by atoms with E-state index in [1.54, 1.807) is 17.0 Å². The number of carbonyl (C=O) groups excluding carboxylic acids is 4. The highest BCUT2D eigenvalue weighted by atomic mass is 16.2. The number of benzene rings is 1. The number of carbonyl (C=O) groups is 4. The summed E-state index contributed by atoms with van der Waals surface area (Å²) in [5.74, 6) is -0.707. The van der Waals surface area contributed by atoms with E-state index >= 15 is 0 Å². The summed E-state index contributed by atoms with van der Waals surface area (Å²) in [6, 6.07) is 6.58. The summed E-state index contributed by atoms with van der Waals surface area (Å²) >= 11 is 0. The lowest BCUT2D eigenvalue weighted by Crippen LogP contribution is -2.66. The molecule has 2 aliphatic heterocycles. The molecule has 0 bridgehead atoms. The number of piperazine rings is 2. The second kappa shape index (κ2) is 7.55. The molecule has 4 amide bonds. The van der Waals surface area contributed by atoms with E-state index in [2.05, 4.69) is 10.6 Å². The molecule has 0 aromatic heterocycles. The molecule has 26 heavy (non-hydrogen) atoms. The van der Waals surface area contributed by atoms with Crippen molar-refractivity contribution in [1.29, 1.82) is 0 Å². The van der Waals surface area contributed by atoms with Crippen molar-refractivity contribution < 1.29 is 19.2 Å². The van der Waals surface area contributed by atoms with Crippen LogP contribution in [0.1, 0.15) is 22.3 Å². The van der Waals surface area contributed by atoms with Crippen molar-refractivity contribution >= 4 is 23.6 Å². The lowest BCUT2D eigenvalue weighted by Gasteiger charge is -2.42. The molecule has 2 saturated heterocycles. The van der Waals surface area contributed by atoms with Crippen molar-refractivity contribution in [3.63, 3.8) is 0 Å². The molecule has 1 unspecified atom stereocenters. The summed E-state index contributed by atoms with van der Waals surface area (Å²) in [5.41, 5.74) is 1.62. The van der Waals surface area contributed by atoms with E-state index in [4.69, 9.17) is 0 Å². The molecule has 0 saturated carbocycles. The van der Waals surface area contributed by atoms with E-state index in [0.29, 0.717) is 18.7 Å². The monoisotopic (exact) mass is 358 g/mol. The summed E-state index contributed by atoms with van der Waals surface area (Å²) in [7, 11) is 0. The van der Waals surface area contributed by atoms with Crippen LogP contribution in [0.5, 0.6) is 0 Å². The molecule has 0 spiro atoms. The fourth-order valence-corrected chi connectivity index (χ4v) is 3.16. The zero-order valence-corrected chi connectivity index (χ0v) is 14.7. The topological polar surface area (TPSA) is 98.8 Å². The van der Waals surface area contributed by atoms with Crippen molar-refractivity contribution in [2.75, 3.05) is 32.7 Å². The molecule has 1 aromatic carbocycles. The molecular formula is C18H22N4O4. The maximum atomic E-state index is 12.4. The Labute approximate surface area is 151 Å². The first-order valence-electron chi connectivity index (χ1n) is 8.65. The van der Waals surface area contributed by atoms with Gasteiger partial charge in [-0.15, -0.1) is 0 Å². The quantitative estimate of drug-likeness (QED) is 0.742. The highest BCUT2D eigenvalue weighted by Gasteiger charge is 2.39. The number of hydrogen-bond acceptors (Lipinski definition) is 4. The molecule has 1 atom stereocenters. The summed E-state index contributed by atoms with van der Waals surface area (Å²) < 4.78 is 0. The molecule has 2 heterocycles. The lowest BCUT2D eigenvalue weighted by atomic mass is 10.1. The van der Waals surface area contributed by atoms with Crippen LogP contribution < -0.4 is 10.6 Å². The van der Waals surface area contributed by atoms with Gasteiger partial charge >= 0.3 is 0 Å². The number of fused-ring (bicyclic) bond motifs is 1. The average Bonchev–Trinajstić information content (AvgIpc) is 2.65. The average molecular weight is 358 g/mol. The first-order chi connectivity index (χ1) is 12.5. The number of nitrogens with zero attached hydrogens (tertiary/aromatic N) is 2. The van der Waals surface area contributed by atoms with Crippen LogP contribution in [0.4, 0.5) is 0 Å². The van der Waals surface area contributed by atoms with Crippen LogP contribution in [0.15, 0.2) is 24.3 Å². The number of nitrogens with one attached hydrogen (secondary N) is 2. The van der Waals surface area contributed by atoms with Crippen LogP contribution in [0.2, 0.25) is 0 Å². The minimum absolute atomic E-state index is 0.0221. The zero-order valence-electron chi connectivity index (χ0n) is 14.7. The molecule has 8 heteroatoms. The van der Waals surface area contributed by atoms with Gasteiger partial charge in [-0.05, 0) is 19.1 Å². The van der Waals surface area contributed by atoms with Gasteiger partial charge in [-0.1, -0.05) is 17.7 Å². The van der Waals surface area contributed by atoms with E-state index in [0.717, 1.165) is 5.56 Å². The van der Waals surface area contributed by atoms with Gasteiger partial charge in [-0.3, -0.25) is 19.2 Å². The van der Waals surface area contributed by atoms with Gasteiger partial charge in [0.05, 0.1) is 13.1 Å². The Kier molecular flexibility index (Phi) is 5.20. The molecule has 2 fully saturated rings. The van der Waals surface area contributed by atoms with Crippen molar-refractivity contribution in [3.05, 3.63) is 35.4 Å². The molecule has 0 radical (unpaired) electrons. The van der Waals surface area contributed by atoms with Crippen LogP contribution >= 0.6 is 0 Å². The Bertz CT molecular complexity index is 731. The summed E-state index contributed by atoms with van der Waals surface area (Å²) in [4.78, 5) is 51.3. The van der Waals surface area contributed by atoms with Crippen LogP contribution in [-0.4, -0.2) is 72.2 Å². The van der Waals surface area contributed by atoms with E-state index in [-0.39, 0.29) is 49.7 Å². The number of rotatable bonds is 4. The van der Waals surface area contributed by atoms with Gasteiger partial charge in [-0.2, -0.15) is 0 Å². The number of aryl methyl sites for hydroxylation is 1. The number of amides is 4. The minimum atomic E-state index is -0.615. The van der Waals surface area contributed by atoms with Crippen LogP contribution in [0.25, 0.3) is 0 Å². The third kappa shape index (κ3) is 3.84. The molecule has 1 aromatic rings. The largest absolute Gasteiger partial charge is 0.352 e. The predicted octanol–water partition coefficient (Wildman–Crippen LogP) is -0.716. The lowest BCUT2D eigenvalue weighted by molar-refractivity contribution is -0.152. The van der Waals surface area contributed by atoms with Gasteiger partial charge in [0.1, 0.15) is 6.04 Å². The molecule has 8 nitrogen and oxygen atoms in total.